The predicted molar refractivity (Wildman–Crippen MR) is 79.8 cm³/mol. The van der Waals surface area contributed by atoms with Crippen molar-refractivity contribution in [3.8, 4) is 0 Å². The van der Waals surface area contributed by atoms with Crippen molar-refractivity contribution in [3.63, 3.8) is 0 Å². The first-order valence-corrected chi connectivity index (χ1v) is 6.85. The van der Waals surface area contributed by atoms with Crippen molar-refractivity contribution in [2.75, 3.05) is 5.43 Å². The number of benzene rings is 1. The number of furan rings is 1. The van der Waals surface area contributed by atoms with E-state index in [9.17, 15) is 4.79 Å². The summed E-state index contributed by atoms with van der Waals surface area (Å²) in [5, 5.41) is 12.9. The topological polar surface area (TPSA) is 74.8 Å². The van der Waals surface area contributed by atoms with Crippen LogP contribution in [0.25, 0.3) is 0 Å². The quantitative estimate of drug-likeness (QED) is 0.650. The highest BCUT2D eigenvalue weighted by Gasteiger charge is 2.36. The summed E-state index contributed by atoms with van der Waals surface area (Å²) in [6.07, 6.45) is 2.81. The summed E-state index contributed by atoms with van der Waals surface area (Å²) >= 11 is 0. The molecule has 108 valence electrons. The highest BCUT2D eigenvalue weighted by atomic mass is 16.4. The lowest BCUT2D eigenvalue weighted by Gasteiger charge is -1.99. The second kappa shape index (κ2) is 5.44. The van der Waals surface area contributed by atoms with Crippen LogP contribution in [-0.2, 0) is 0 Å². The molecule has 0 amide bonds. The molecule has 21 heavy (non-hydrogen) atoms. The molecular weight excluding hydrogens is 268 g/mol. The molecular formula is C16H16N2O3. The molecule has 3 rings (SSSR count). The van der Waals surface area contributed by atoms with Crippen LogP contribution in [0.15, 0.2) is 45.9 Å². The number of hydrazone groups is 1. The van der Waals surface area contributed by atoms with Crippen LogP contribution < -0.4 is 5.43 Å². The van der Waals surface area contributed by atoms with Crippen LogP contribution in [-0.4, -0.2) is 17.3 Å². The Kier molecular flexibility index (Phi) is 3.48. The maximum Gasteiger partial charge on any atom is 0.335 e. The molecule has 2 aromatic rings. The summed E-state index contributed by atoms with van der Waals surface area (Å²) in [5.41, 5.74) is 3.81. The van der Waals surface area contributed by atoms with Crippen molar-refractivity contribution >= 4 is 17.9 Å². The summed E-state index contributed by atoms with van der Waals surface area (Å²) in [5.74, 6) is 2.06. The Bertz CT molecular complexity index is 673. The van der Waals surface area contributed by atoms with Gasteiger partial charge in [-0.15, -0.1) is 0 Å². The van der Waals surface area contributed by atoms with Gasteiger partial charge in [0, 0.05) is 5.92 Å². The van der Waals surface area contributed by atoms with E-state index in [4.69, 9.17) is 9.52 Å². The molecule has 2 atom stereocenters. The monoisotopic (exact) mass is 284 g/mol. The Hall–Kier alpha value is -2.56. The molecule has 1 saturated carbocycles. The van der Waals surface area contributed by atoms with Crippen molar-refractivity contribution in [2.24, 2.45) is 11.0 Å². The van der Waals surface area contributed by atoms with Gasteiger partial charge in [0.05, 0.1) is 17.5 Å². The highest BCUT2D eigenvalue weighted by Crippen LogP contribution is 2.47. The van der Waals surface area contributed by atoms with Gasteiger partial charge < -0.3 is 9.52 Å². The van der Waals surface area contributed by atoms with E-state index in [1.165, 1.54) is 18.6 Å². The lowest BCUT2D eigenvalue weighted by atomic mass is 10.2. The smallest absolute Gasteiger partial charge is 0.335 e. The zero-order chi connectivity index (χ0) is 14.8. The highest BCUT2D eigenvalue weighted by molar-refractivity contribution is 5.88. The molecule has 0 unspecified atom stereocenters. The molecule has 0 spiro atoms. The third kappa shape index (κ3) is 3.13. The number of hydrogen-bond donors (Lipinski definition) is 2. The summed E-state index contributed by atoms with van der Waals surface area (Å²) in [6.45, 7) is 2.21. The van der Waals surface area contributed by atoms with Crippen molar-refractivity contribution in [1.29, 1.82) is 0 Å². The maximum atomic E-state index is 10.7. The Morgan fingerprint density at radius 3 is 2.67 bits per heavy atom. The normalized spacial score (nSPS) is 20.6. The van der Waals surface area contributed by atoms with Crippen LogP contribution in [0, 0.1) is 5.92 Å². The fraction of sp³-hybridized carbons (Fsp3) is 0.250. The van der Waals surface area contributed by atoms with Crippen molar-refractivity contribution in [1.82, 2.24) is 0 Å². The van der Waals surface area contributed by atoms with E-state index in [1.807, 2.05) is 12.1 Å². The minimum atomic E-state index is -0.942. The Morgan fingerprint density at radius 2 is 2.05 bits per heavy atom. The molecule has 5 heteroatoms. The molecule has 1 aliphatic carbocycles. The number of nitrogens with one attached hydrogen (secondary N) is 1. The fourth-order valence-corrected chi connectivity index (χ4v) is 2.21. The van der Waals surface area contributed by atoms with Gasteiger partial charge in [-0.1, -0.05) is 6.92 Å². The minimum absolute atomic E-state index is 0.249. The SMILES string of the molecule is C[C@@H]1C[C@H]1c1ccc(/C=N\Nc2ccc(C(=O)O)cc2)o1. The van der Waals surface area contributed by atoms with Gasteiger partial charge in [-0.05, 0) is 48.7 Å². The summed E-state index contributed by atoms with van der Waals surface area (Å²) < 4.78 is 5.70. The first-order chi connectivity index (χ1) is 10.1. The fourth-order valence-electron chi connectivity index (χ4n) is 2.21. The molecule has 0 bridgehead atoms. The van der Waals surface area contributed by atoms with Crippen LogP contribution in [0.5, 0.6) is 0 Å². The molecule has 1 fully saturated rings. The number of nitrogens with zero attached hydrogens (tertiary/aromatic N) is 1. The number of anilines is 1. The predicted octanol–water partition coefficient (Wildman–Crippen LogP) is 3.55. The van der Waals surface area contributed by atoms with Gasteiger partial charge in [0.2, 0.25) is 0 Å². The second-order valence-corrected chi connectivity index (χ2v) is 5.31. The summed E-state index contributed by atoms with van der Waals surface area (Å²) in [4.78, 5) is 10.7. The van der Waals surface area contributed by atoms with Gasteiger partial charge in [-0.3, -0.25) is 5.43 Å². The third-order valence-electron chi connectivity index (χ3n) is 3.64. The first kappa shape index (κ1) is 13.4. The second-order valence-electron chi connectivity index (χ2n) is 5.31. The van der Waals surface area contributed by atoms with E-state index in [0.717, 1.165) is 11.4 Å². The third-order valence-corrected chi connectivity index (χ3v) is 3.64. The van der Waals surface area contributed by atoms with E-state index in [2.05, 4.69) is 17.5 Å². The van der Waals surface area contributed by atoms with Gasteiger partial charge in [0.1, 0.15) is 11.5 Å². The standard InChI is InChI=1S/C16H16N2O3/c1-10-8-14(10)15-7-6-13(21-15)9-17-18-12-4-2-11(3-5-12)16(19)20/h2-7,9-10,14,18H,8H2,1H3,(H,19,20)/b17-9-/t10-,14-/m1/s1. The van der Waals surface area contributed by atoms with Crippen LogP contribution in [0.3, 0.4) is 0 Å². The van der Waals surface area contributed by atoms with Gasteiger partial charge in [-0.25, -0.2) is 4.79 Å². The van der Waals surface area contributed by atoms with E-state index >= 15 is 0 Å². The molecule has 0 radical (unpaired) electrons. The molecule has 5 nitrogen and oxygen atoms in total. The lowest BCUT2D eigenvalue weighted by molar-refractivity contribution is 0.0697. The molecule has 1 heterocycles. The Balaban J connectivity index is 1.59. The van der Waals surface area contributed by atoms with Gasteiger partial charge in [0.15, 0.2) is 0 Å². The largest absolute Gasteiger partial charge is 0.478 e. The molecule has 1 aromatic carbocycles. The first-order valence-electron chi connectivity index (χ1n) is 6.85. The van der Waals surface area contributed by atoms with Crippen LogP contribution in [0.2, 0.25) is 0 Å². The number of carbonyl (C=O) groups is 1. The van der Waals surface area contributed by atoms with Crippen molar-refractivity contribution in [3.05, 3.63) is 53.5 Å². The minimum Gasteiger partial charge on any atom is -0.478 e. The molecule has 1 aliphatic rings. The van der Waals surface area contributed by atoms with Crippen LogP contribution >= 0.6 is 0 Å². The molecule has 0 saturated heterocycles. The molecule has 1 aromatic heterocycles. The van der Waals surface area contributed by atoms with E-state index < -0.39 is 5.97 Å². The van der Waals surface area contributed by atoms with Gasteiger partial charge in [0.25, 0.3) is 0 Å². The number of hydrogen-bond acceptors (Lipinski definition) is 4. The van der Waals surface area contributed by atoms with Gasteiger partial charge in [-0.2, -0.15) is 5.10 Å². The van der Waals surface area contributed by atoms with Gasteiger partial charge >= 0.3 is 5.97 Å². The number of carboxylic acids is 1. The van der Waals surface area contributed by atoms with E-state index in [1.54, 1.807) is 18.3 Å². The average Bonchev–Trinajstić information content (AvgIpc) is 3.01. The number of carboxylic acid groups (broad SMARTS) is 1. The Labute approximate surface area is 122 Å². The van der Waals surface area contributed by atoms with Crippen molar-refractivity contribution < 1.29 is 14.3 Å². The summed E-state index contributed by atoms with van der Waals surface area (Å²) in [6, 6.07) is 10.3. The van der Waals surface area contributed by atoms with E-state index in [0.29, 0.717) is 17.6 Å². The van der Waals surface area contributed by atoms with Crippen LogP contribution in [0.4, 0.5) is 5.69 Å². The van der Waals surface area contributed by atoms with Crippen LogP contribution in [0.1, 0.15) is 41.1 Å². The summed E-state index contributed by atoms with van der Waals surface area (Å²) in [7, 11) is 0. The zero-order valence-corrected chi connectivity index (χ0v) is 11.6. The zero-order valence-electron chi connectivity index (χ0n) is 11.6. The van der Waals surface area contributed by atoms with E-state index in [-0.39, 0.29) is 5.56 Å². The molecule has 2 N–H and O–H groups in total. The van der Waals surface area contributed by atoms with Crippen molar-refractivity contribution in [2.45, 2.75) is 19.3 Å². The lowest BCUT2D eigenvalue weighted by Crippen LogP contribution is -1.96. The maximum absolute atomic E-state index is 10.7. The Morgan fingerprint density at radius 1 is 1.33 bits per heavy atom. The number of aromatic carboxylic acids is 1. The molecule has 0 aliphatic heterocycles. The number of rotatable bonds is 5. The average molecular weight is 284 g/mol.